The van der Waals surface area contributed by atoms with Gasteiger partial charge in [-0.15, -0.1) is 0 Å². The second kappa shape index (κ2) is 15.8. The van der Waals surface area contributed by atoms with Crippen molar-refractivity contribution < 1.29 is 38.0 Å². The topological polar surface area (TPSA) is 89.5 Å². The molecule has 0 unspecified atom stereocenters. The van der Waals surface area contributed by atoms with Gasteiger partial charge < -0.3 is 28.4 Å². The van der Waals surface area contributed by atoms with Gasteiger partial charge in [-0.1, -0.05) is 72.3 Å². The summed E-state index contributed by atoms with van der Waals surface area (Å²) in [7, 11) is 5.71. The van der Waals surface area contributed by atoms with Crippen LogP contribution in [-0.2, 0) is 22.7 Å². The maximum atomic E-state index is 11.7. The molecule has 0 saturated carbocycles. The summed E-state index contributed by atoms with van der Waals surface area (Å²) in [5.41, 5.74) is 2.71. The van der Waals surface area contributed by atoms with Gasteiger partial charge in [-0.05, 0) is 29.3 Å². The summed E-state index contributed by atoms with van der Waals surface area (Å²) in [5, 5.41) is 0.255. The Hall–Kier alpha value is -4.69. The molecule has 4 aromatic rings. The molecule has 0 atom stereocenters. The van der Waals surface area contributed by atoms with Crippen molar-refractivity contribution in [2.75, 3.05) is 28.4 Å². The fourth-order valence-electron chi connectivity index (χ4n) is 3.58. The van der Waals surface area contributed by atoms with E-state index in [4.69, 9.17) is 35.3 Å². The number of hydrogen-bond donors (Lipinski definition) is 0. The van der Waals surface area contributed by atoms with Gasteiger partial charge >= 0.3 is 11.9 Å². The molecule has 0 aliphatic heterocycles. The van der Waals surface area contributed by atoms with E-state index < -0.39 is 11.9 Å². The third kappa shape index (κ3) is 8.91. The van der Waals surface area contributed by atoms with Crippen LogP contribution in [0.3, 0.4) is 0 Å². The minimum Gasteiger partial charge on any atom is -0.493 e. The molecule has 4 rings (SSSR count). The van der Waals surface area contributed by atoms with Gasteiger partial charge in [0, 0.05) is 12.1 Å². The monoisotopic (exact) mass is 578 g/mol. The first-order valence-electron chi connectivity index (χ1n) is 12.5. The molecule has 8 nitrogen and oxygen atoms in total. The molecular weight excluding hydrogens is 548 g/mol. The third-order valence-electron chi connectivity index (χ3n) is 5.72. The summed E-state index contributed by atoms with van der Waals surface area (Å²) in [6, 6.07) is 27.5. The van der Waals surface area contributed by atoms with E-state index in [1.807, 2.05) is 60.7 Å². The number of carbonyl (C=O) groups excluding carboxylic acids is 2. The zero-order valence-electron chi connectivity index (χ0n) is 23.2. The highest BCUT2D eigenvalue weighted by atomic mass is 35.5. The van der Waals surface area contributed by atoms with Crippen molar-refractivity contribution in [3.05, 3.63) is 118 Å². The summed E-state index contributed by atoms with van der Waals surface area (Å²) < 4.78 is 31.3. The molecular formula is C32H31ClO8. The zero-order chi connectivity index (χ0) is 29.6. The Bertz CT molecular complexity index is 1420. The van der Waals surface area contributed by atoms with Crippen molar-refractivity contribution >= 4 is 23.5 Å². The minimum absolute atomic E-state index is 0.239. The number of hydrogen-bond acceptors (Lipinski definition) is 8. The lowest BCUT2D eigenvalue weighted by atomic mass is 10.2. The molecule has 0 N–H and O–H groups in total. The quantitative estimate of drug-likeness (QED) is 0.190. The van der Waals surface area contributed by atoms with Gasteiger partial charge in [0.05, 0.1) is 44.6 Å². The van der Waals surface area contributed by atoms with Gasteiger partial charge in [0.1, 0.15) is 13.2 Å². The van der Waals surface area contributed by atoms with Crippen LogP contribution >= 0.6 is 11.6 Å². The Morgan fingerprint density at radius 2 is 1.10 bits per heavy atom. The molecule has 0 bridgehead atoms. The first-order chi connectivity index (χ1) is 19.9. The Labute approximate surface area is 244 Å². The predicted octanol–water partition coefficient (Wildman–Crippen LogP) is 6.78. The highest BCUT2D eigenvalue weighted by Crippen LogP contribution is 2.34. The molecule has 0 heterocycles. The van der Waals surface area contributed by atoms with Crippen LogP contribution in [0, 0.1) is 0 Å². The molecule has 41 heavy (non-hydrogen) atoms. The maximum absolute atomic E-state index is 11.7. The van der Waals surface area contributed by atoms with Crippen LogP contribution in [0.2, 0.25) is 5.02 Å². The van der Waals surface area contributed by atoms with Gasteiger partial charge in [0.15, 0.2) is 23.0 Å². The SMILES string of the molecule is COC(=O)c1cc(OCc2ccccc2)c(OC)cc1Cl.COC(=O)c1ccc(OC)c(OCc2ccccc2)c1. The number of carbonyl (C=O) groups is 2. The van der Waals surface area contributed by atoms with Crippen molar-refractivity contribution in [2.24, 2.45) is 0 Å². The third-order valence-corrected chi connectivity index (χ3v) is 6.03. The maximum Gasteiger partial charge on any atom is 0.339 e. The average Bonchev–Trinajstić information content (AvgIpc) is 3.03. The van der Waals surface area contributed by atoms with Gasteiger partial charge in [-0.2, -0.15) is 0 Å². The predicted molar refractivity (Wildman–Crippen MR) is 155 cm³/mol. The van der Waals surface area contributed by atoms with Crippen molar-refractivity contribution in [1.29, 1.82) is 0 Å². The van der Waals surface area contributed by atoms with E-state index in [9.17, 15) is 9.59 Å². The van der Waals surface area contributed by atoms with Crippen LogP contribution < -0.4 is 18.9 Å². The summed E-state index contributed by atoms with van der Waals surface area (Å²) in [6.45, 7) is 0.765. The summed E-state index contributed by atoms with van der Waals surface area (Å²) >= 11 is 6.03. The number of esters is 2. The standard InChI is InChI=1S/C16H15ClO4.C16H16O4/c1-19-14-9-13(17)12(16(18)20-2)8-15(14)21-10-11-6-4-3-5-7-11;1-18-14-9-8-13(16(17)19-2)10-15(14)20-11-12-6-4-3-5-7-12/h3-9H,10H2,1-2H3;3-10H,11H2,1-2H3. The average molecular weight is 579 g/mol. The fraction of sp³-hybridized carbons (Fsp3) is 0.188. The summed E-state index contributed by atoms with van der Waals surface area (Å²) in [5.74, 6) is 1.06. The first-order valence-corrected chi connectivity index (χ1v) is 12.8. The Morgan fingerprint density at radius 3 is 1.59 bits per heavy atom. The molecule has 9 heteroatoms. The lowest BCUT2D eigenvalue weighted by Gasteiger charge is -2.13. The van der Waals surface area contributed by atoms with Crippen LogP contribution in [0.5, 0.6) is 23.0 Å². The van der Waals surface area contributed by atoms with Gasteiger partial charge in [-0.3, -0.25) is 0 Å². The van der Waals surface area contributed by atoms with E-state index in [-0.39, 0.29) is 10.6 Å². The van der Waals surface area contributed by atoms with Gasteiger partial charge in [-0.25, -0.2) is 9.59 Å². The molecule has 0 saturated heterocycles. The molecule has 0 radical (unpaired) electrons. The number of methoxy groups -OCH3 is 4. The summed E-state index contributed by atoms with van der Waals surface area (Å²) in [6.07, 6.45) is 0. The minimum atomic E-state index is -0.521. The number of halogens is 1. The summed E-state index contributed by atoms with van der Waals surface area (Å²) in [4.78, 5) is 23.2. The van der Waals surface area contributed by atoms with E-state index in [1.54, 1.807) is 25.3 Å². The van der Waals surface area contributed by atoms with E-state index >= 15 is 0 Å². The lowest BCUT2D eigenvalue weighted by molar-refractivity contribution is 0.0591. The number of benzene rings is 4. The Kier molecular flexibility index (Phi) is 11.9. The highest BCUT2D eigenvalue weighted by Gasteiger charge is 2.17. The normalized spacial score (nSPS) is 9.98. The molecule has 0 aromatic heterocycles. The number of rotatable bonds is 10. The van der Waals surface area contributed by atoms with Crippen molar-refractivity contribution in [2.45, 2.75) is 13.2 Å². The molecule has 214 valence electrons. The Balaban J connectivity index is 0.000000226. The number of ether oxygens (including phenoxy) is 6. The van der Waals surface area contributed by atoms with Crippen LogP contribution in [0.4, 0.5) is 0 Å². The molecule has 0 spiro atoms. The van der Waals surface area contributed by atoms with Crippen molar-refractivity contribution in [3.63, 3.8) is 0 Å². The second-order valence-electron chi connectivity index (χ2n) is 8.38. The largest absolute Gasteiger partial charge is 0.493 e. The van der Waals surface area contributed by atoms with Crippen molar-refractivity contribution in [1.82, 2.24) is 0 Å². The Morgan fingerprint density at radius 1 is 0.585 bits per heavy atom. The first kappa shape index (κ1) is 30.8. The van der Waals surface area contributed by atoms with Crippen LogP contribution in [0.15, 0.2) is 91.0 Å². The van der Waals surface area contributed by atoms with E-state index in [0.717, 1.165) is 11.1 Å². The smallest absolute Gasteiger partial charge is 0.339 e. The molecule has 0 aliphatic carbocycles. The molecule has 4 aromatic carbocycles. The van der Waals surface area contributed by atoms with Crippen LogP contribution in [-0.4, -0.2) is 40.4 Å². The highest BCUT2D eigenvalue weighted by molar-refractivity contribution is 6.33. The van der Waals surface area contributed by atoms with Crippen molar-refractivity contribution in [3.8, 4) is 23.0 Å². The second-order valence-corrected chi connectivity index (χ2v) is 8.79. The van der Waals surface area contributed by atoms with E-state index in [1.165, 1.54) is 33.5 Å². The molecule has 0 amide bonds. The molecule has 0 fully saturated rings. The van der Waals surface area contributed by atoms with Crippen LogP contribution in [0.25, 0.3) is 0 Å². The zero-order valence-corrected chi connectivity index (χ0v) is 24.0. The van der Waals surface area contributed by atoms with Crippen LogP contribution in [0.1, 0.15) is 31.8 Å². The van der Waals surface area contributed by atoms with Gasteiger partial charge in [0.25, 0.3) is 0 Å². The van der Waals surface area contributed by atoms with E-state index in [2.05, 4.69) is 4.74 Å². The molecule has 0 aliphatic rings. The lowest BCUT2D eigenvalue weighted by Crippen LogP contribution is -2.04. The van der Waals surface area contributed by atoms with Gasteiger partial charge in [0.2, 0.25) is 0 Å². The fourth-order valence-corrected chi connectivity index (χ4v) is 3.81. The van der Waals surface area contributed by atoms with E-state index in [0.29, 0.717) is 41.8 Å².